The molecule has 0 amide bonds. The van der Waals surface area contributed by atoms with Gasteiger partial charge >= 0.3 is 0 Å². The second-order valence-electron chi connectivity index (χ2n) is 11.3. The van der Waals surface area contributed by atoms with Crippen LogP contribution in [0.25, 0.3) is 5.57 Å². The highest BCUT2D eigenvalue weighted by Gasteiger charge is 2.29. The number of nitrogens with one attached hydrogen (secondary N) is 1. The first-order valence-electron chi connectivity index (χ1n) is 13.6. The van der Waals surface area contributed by atoms with Gasteiger partial charge in [0.15, 0.2) is 0 Å². The van der Waals surface area contributed by atoms with Crippen LogP contribution in [-0.2, 0) is 6.42 Å². The lowest BCUT2D eigenvalue weighted by Gasteiger charge is -2.25. The second-order valence-corrected chi connectivity index (χ2v) is 12.5. The lowest BCUT2D eigenvalue weighted by Crippen LogP contribution is -2.26. The maximum Gasteiger partial charge on any atom is 0.119 e. The van der Waals surface area contributed by atoms with Gasteiger partial charge in [0.1, 0.15) is 17.6 Å². The lowest BCUT2D eigenvalue weighted by atomic mass is 9.94. The van der Waals surface area contributed by atoms with Crippen molar-refractivity contribution in [2.45, 2.75) is 54.9 Å². The van der Waals surface area contributed by atoms with E-state index in [4.69, 9.17) is 4.74 Å². The van der Waals surface area contributed by atoms with Crippen LogP contribution in [0.15, 0.2) is 71.6 Å². The molecule has 4 nitrogen and oxygen atoms in total. The molecule has 3 aromatic rings. The molecular formula is C32H35FN2O2S. The summed E-state index contributed by atoms with van der Waals surface area (Å²) in [6, 6.07) is 20.8. The normalized spacial score (nSPS) is 21.9. The number of nitrogens with zero attached hydrogens (tertiary/aromatic N) is 1. The quantitative estimate of drug-likeness (QED) is 0.337. The summed E-state index contributed by atoms with van der Waals surface area (Å²) >= 11 is 1.79. The van der Waals surface area contributed by atoms with Crippen molar-refractivity contribution < 1.29 is 14.2 Å². The zero-order chi connectivity index (χ0) is 26.3. The average Bonchev–Trinajstić information content (AvgIpc) is 3.48. The minimum Gasteiger partial charge on any atom is -0.508 e. The Morgan fingerprint density at radius 1 is 1.11 bits per heavy atom. The minimum atomic E-state index is -0.261. The topological polar surface area (TPSA) is 44.7 Å². The van der Waals surface area contributed by atoms with E-state index in [0.717, 1.165) is 54.2 Å². The summed E-state index contributed by atoms with van der Waals surface area (Å²) in [7, 11) is 0. The first-order chi connectivity index (χ1) is 18.4. The molecule has 6 rings (SSSR count). The number of aromatic hydroxyl groups is 1. The van der Waals surface area contributed by atoms with Crippen LogP contribution in [0.1, 0.15) is 54.2 Å². The standard InChI is InChI=1S/C32H35FN2O2S/c1-32(2)19-23-16-22(6-11-29(23)34-32)30-18-28(27-10-7-24(36)17-31(27)38-30)21-4-8-25(9-5-21)37-26-12-15-35(20-26)14-3-13-33/h4-11,16-18,26,30,34,36H,3,12-15,19-20H2,1-2H3/t26-,30?/m0/s1. The van der Waals surface area contributed by atoms with E-state index >= 15 is 0 Å². The molecule has 0 bridgehead atoms. The SMILES string of the molecule is CC1(C)Cc2cc(C3C=C(c4ccc(O[C@H]5CCN(CCCF)C5)cc4)c4ccc(O)cc4S3)ccc2N1. The largest absolute Gasteiger partial charge is 0.508 e. The highest BCUT2D eigenvalue weighted by Crippen LogP contribution is 2.49. The number of thioether (sulfide) groups is 1. The number of rotatable bonds is 7. The Balaban J connectivity index is 1.25. The summed E-state index contributed by atoms with van der Waals surface area (Å²) in [6.07, 6.45) is 5.09. The molecule has 38 heavy (non-hydrogen) atoms. The molecule has 0 aromatic heterocycles. The molecule has 3 heterocycles. The van der Waals surface area contributed by atoms with Gasteiger partial charge in [-0.1, -0.05) is 30.3 Å². The van der Waals surface area contributed by atoms with E-state index in [1.807, 2.05) is 12.1 Å². The Kier molecular flexibility index (Phi) is 6.87. The predicted molar refractivity (Wildman–Crippen MR) is 154 cm³/mol. The zero-order valence-corrected chi connectivity index (χ0v) is 22.9. The van der Waals surface area contributed by atoms with E-state index in [-0.39, 0.29) is 29.3 Å². The highest BCUT2D eigenvalue weighted by atomic mass is 32.2. The van der Waals surface area contributed by atoms with E-state index in [0.29, 0.717) is 6.42 Å². The summed E-state index contributed by atoms with van der Waals surface area (Å²) in [5, 5.41) is 14.0. The molecule has 1 fully saturated rings. The van der Waals surface area contributed by atoms with Gasteiger partial charge in [-0.3, -0.25) is 9.29 Å². The number of fused-ring (bicyclic) bond motifs is 2. The van der Waals surface area contributed by atoms with Gasteiger partial charge in [0, 0.05) is 35.8 Å². The number of benzene rings is 3. The predicted octanol–water partition coefficient (Wildman–Crippen LogP) is 7.23. The fourth-order valence-electron chi connectivity index (χ4n) is 5.89. The Morgan fingerprint density at radius 3 is 2.76 bits per heavy atom. The first-order valence-corrected chi connectivity index (χ1v) is 14.4. The Hall–Kier alpha value is -2.96. The van der Waals surface area contributed by atoms with Gasteiger partial charge in [-0.05, 0) is 97.3 Å². The number of hydrogen-bond acceptors (Lipinski definition) is 5. The molecule has 3 aromatic carbocycles. The van der Waals surface area contributed by atoms with Crippen molar-refractivity contribution in [3.8, 4) is 11.5 Å². The molecule has 6 heteroatoms. The van der Waals surface area contributed by atoms with Gasteiger partial charge in [0.05, 0.1) is 11.9 Å². The molecule has 198 valence electrons. The Labute approximate surface area is 228 Å². The van der Waals surface area contributed by atoms with Crippen LogP contribution in [0.3, 0.4) is 0 Å². The van der Waals surface area contributed by atoms with Crippen molar-refractivity contribution in [3.63, 3.8) is 0 Å². The van der Waals surface area contributed by atoms with E-state index in [1.54, 1.807) is 17.8 Å². The third-order valence-electron chi connectivity index (χ3n) is 7.70. The van der Waals surface area contributed by atoms with Crippen LogP contribution < -0.4 is 10.1 Å². The summed E-state index contributed by atoms with van der Waals surface area (Å²) < 4.78 is 18.8. The third-order valence-corrected chi connectivity index (χ3v) is 8.95. The van der Waals surface area contributed by atoms with Gasteiger partial charge in [0.2, 0.25) is 0 Å². The Bertz CT molecular complexity index is 1350. The van der Waals surface area contributed by atoms with Crippen molar-refractivity contribution in [2.75, 3.05) is 31.6 Å². The highest BCUT2D eigenvalue weighted by molar-refractivity contribution is 7.99. The number of halogens is 1. The molecule has 0 aliphatic carbocycles. The minimum absolute atomic E-state index is 0.0784. The van der Waals surface area contributed by atoms with Crippen molar-refractivity contribution in [2.24, 2.45) is 0 Å². The fourth-order valence-corrected chi connectivity index (χ4v) is 7.14. The van der Waals surface area contributed by atoms with Gasteiger partial charge < -0.3 is 15.2 Å². The van der Waals surface area contributed by atoms with Crippen LogP contribution in [0.4, 0.5) is 10.1 Å². The van der Waals surface area contributed by atoms with Crippen molar-refractivity contribution >= 4 is 23.0 Å². The summed E-state index contributed by atoms with van der Waals surface area (Å²) in [5.41, 5.74) is 7.39. The van der Waals surface area contributed by atoms with Crippen LogP contribution in [0.2, 0.25) is 0 Å². The summed E-state index contributed by atoms with van der Waals surface area (Å²) in [6.45, 7) is 6.84. The third kappa shape index (κ3) is 5.29. The maximum atomic E-state index is 12.5. The van der Waals surface area contributed by atoms with E-state index < -0.39 is 0 Å². The molecule has 0 saturated carbocycles. The molecule has 2 N–H and O–H groups in total. The van der Waals surface area contributed by atoms with Gasteiger partial charge in [0.25, 0.3) is 0 Å². The number of likely N-dealkylation sites (tertiary alicyclic amines) is 1. The second kappa shape index (κ2) is 10.3. The summed E-state index contributed by atoms with van der Waals surface area (Å²) in [5.74, 6) is 1.16. The smallest absolute Gasteiger partial charge is 0.119 e. The number of ether oxygens (including phenoxy) is 1. The molecule has 2 atom stereocenters. The van der Waals surface area contributed by atoms with Gasteiger partial charge in [-0.15, -0.1) is 11.8 Å². The number of alkyl halides is 1. The molecule has 1 saturated heterocycles. The number of phenols is 1. The maximum absolute atomic E-state index is 12.5. The van der Waals surface area contributed by atoms with E-state index in [2.05, 4.69) is 72.6 Å². The average molecular weight is 531 g/mol. The van der Waals surface area contributed by atoms with Gasteiger partial charge in [-0.25, -0.2) is 0 Å². The number of hydrogen-bond donors (Lipinski definition) is 2. The molecular weight excluding hydrogens is 495 g/mol. The van der Waals surface area contributed by atoms with Gasteiger partial charge in [-0.2, -0.15) is 0 Å². The number of anilines is 1. The van der Waals surface area contributed by atoms with Crippen molar-refractivity contribution in [3.05, 3.63) is 89.0 Å². The molecule has 0 radical (unpaired) electrons. The monoisotopic (exact) mass is 530 g/mol. The fraction of sp³-hybridized carbons (Fsp3) is 0.375. The van der Waals surface area contributed by atoms with E-state index in [1.165, 1.54) is 22.4 Å². The molecule has 3 aliphatic rings. The molecule has 3 aliphatic heterocycles. The van der Waals surface area contributed by atoms with Crippen molar-refractivity contribution in [1.82, 2.24) is 4.90 Å². The Morgan fingerprint density at radius 2 is 1.95 bits per heavy atom. The van der Waals surface area contributed by atoms with E-state index in [9.17, 15) is 9.50 Å². The summed E-state index contributed by atoms with van der Waals surface area (Å²) in [4.78, 5) is 3.37. The molecule has 1 unspecified atom stereocenters. The first kappa shape index (κ1) is 25.3. The van der Waals surface area contributed by atoms with Crippen LogP contribution in [-0.4, -0.2) is 48.0 Å². The lowest BCUT2D eigenvalue weighted by molar-refractivity contribution is 0.198. The van der Waals surface area contributed by atoms with Crippen molar-refractivity contribution in [1.29, 1.82) is 0 Å². The van der Waals surface area contributed by atoms with Crippen LogP contribution >= 0.6 is 11.8 Å². The van der Waals surface area contributed by atoms with Crippen LogP contribution in [0.5, 0.6) is 11.5 Å². The van der Waals surface area contributed by atoms with Crippen LogP contribution in [0, 0.1) is 0 Å². The zero-order valence-electron chi connectivity index (χ0n) is 22.0. The number of phenolic OH excluding ortho intramolecular Hbond substituents is 1. The molecule has 0 spiro atoms.